The molecule has 0 bridgehead atoms. The van der Waals surface area contributed by atoms with E-state index >= 15 is 0 Å². The Balaban J connectivity index is 1.33. The van der Waals surface area contributed by atoms with E-state index in [1.165, 1.54) is 4.52 Å². The molecule has 0 radical (unpaired) electrons. The van der Waals surface area contributed by atoms with Crippen LogP contribution < -0.4 is 15.7 Å². The lowest BCUT2D eigenvalue weighted by Gasteiger charge is -2.18. The number of rotatable bonds is 4. The Labute approximate surface area is 201 Å². The lowest BCUT2D eigenvalue weighted by molar-refractivity contribution is 0.102. The van der Waals surface area contributed by atoms with Gasteiger partial charge in [0.15, 0.2) is 11.5 Å². The molecule has 8 nitrogen and oxygen atoms in total. The average Bonchev–Trinajstić information content (AvgIpc) is 3.21. The molecule has 3 aromatic heterocycles. The third kappa shape index (κ3) is 4.63. The van der Waals surface area contributed by atoms with Crippen LogP contribution in [0.2, 0.25) is 0 Å². The smallest absolute Gasteiger partial charge is 0.339 e. The van der Waals surface area contributed by atoms with Crippen molar-refractivity contribution < 1.29 is 13.9 Å². The number of benzene rings is 2. The molecule has 0 unspecified atom stereocenters. The number of nitrogens with zero attached hydrogens (tertiary/aromatic N) is 3. The molecule has 2 aromatic carbocycles. The lowest BCUT2D eigenvalue weighted by Crippen LogP contribution is -2.14. The number of nitrogens with one attached hydrogen (secondary N) is 1. The van der Waals surface area contributed by atoms with Gasteiger partial charge in [0.1, 0.15) is 11.3 Å². The summed E-state index contributed by atoms with van der Waals surface area (Å²) in [5.74, 6) is 0.920. The highest BCUT2D eigenvalue weighted by Crippen LogP contribution is 2.25. The summed E-state index contributed by atoms with van der Waals surface area (Å²) in [7, 11) is 0. The van der Waals surface area contributed by atoms with Gasteiger partial charge in [0.05, 0.1) is 6.20 Å². The van der Waals surface area contributed by atoms with E-state index in [1.807, 2.05) is 30.3 Å². The highest BCUT2D eigenvalue weighted by molar-refractivity contribution is 6.03. The summed E-state index contributed by atoms with van der Waals surface area (Å²) in [6, 6.07) is 18.0. The van der Waals surface area contributed by atoms with E-state index in [9.17, 15) is 9.59 Å². The Morgan fingerprint density at radius 3 is 2.54 bits per heavy atom. The number of hydrogen-bond donors (Lipinski definition) is 1. The number of imidazole rings is 1. The minimum Gasteiger partial charge on any atom is -0.437 e. The summed E-state index contributed by atoms with van der Waals surface area (Å²) in [6.45, 7) is 8.09. The number of amides is 1. The van der Waals surface area contributed by atoms with Crippen LogP contribution >= 0.6 is 0 Å². The Morgan fingerprint density at radius 2 is 1.80 bits per heavy atom. The molecule has 0 spiro atoms. The van der Waals surface area contributed by atoms with Crippen LogP contribution in [0.15, 0.2) is 76.1 Å². The second-order valence-electron chi connectivity index (χ2n) is 9.40. The fraction of sp³-hybridized carbons (Fsp3) is 0.185. The summed E-state index contributed by atoms with van der Waals surface area (Å²) in [5.41, 5.74) is 2.86. The third-order valence-corrected chi connectivity index (χ3v) is 5.65. The predicted molar refractivity (Wildman–Crippen MR) is 133 cm³/mol. The highest BCUT2D eigenvalue weighted by Gasteiger charge is 2.15. The second-order valence-corrected chi connectivity index (χ2v) is 9.40. The van der Waals surface area contributed by atoms with Gasteiger partial charge in [-0.25, -0.2) is 14.3 Å². The van der Waals surface area contributed by atoms with Crippen molar-refractivity contribution in [2.45, 2.75) is 33.1 Å². The van der Waals surface area contributed by atoms with Crippen molar-refractivity contribution in [1.82, 2.24) is 14.6 Å². The molecule has 0 aliphatic carbocycles. The molecule has 8 heteroatoms. The minimum absolute atomic E-state index is 0.0156. The molecule has 176 valence electrons. The number of fused-ring (bicyclic) bond motifs is 2. The summed E-state index contributed by atoms with van der Waals surface area (Å²) in [5, 5.41) is 8.03. The number of hydrogen-bond acceptors (Lipinski definition) is 6. The van der Waals surface area contributed by atoms with E-state index in [0.717, 1.165) is 10.9 Å². The first-order valence-corrected chi connectivity index (χ1v) is 11.2. The standard InChI is InChI=1S/C27H24N4O4/c1-16-13-18-7-10-20(14-21(18)35-26(16)33)34-24-12-11-23-28-22(15-31(23)30-24)29-25(32)17-5-8-19(9-6-17)27(2,3)4/h5-15H,1-4H3,(H,29,32). The fourth-order valence-corrected chi connectivity index (χ4v) is 3.67. The summed E-state index contributed by atoms with van der Waals surface area (Å²) >= 11 is 0. The van der Waals surface area contributed by atoms with Crippen molar-refractivity contribution in [2.24, 2.45) is 0 Å². The van der Waals surface area contributed by atoms with Gasteiger partial charge in [-0.05, 0) is 54.3 Å². The van der Waals surface area contributed by atoms with Crippen molar-refractivity contribution in [3.05, 3.63) is 94.0 Å². The van der Waals surface area contributed by atoms with Gasteiger partial charge in [-0.2, -0.15) is 0 Å². The molecule has 0 saturated heterocycles. The number of aromatic nitrogens is 3. The van der Waals surface area contributed by atoms with Crippen LogP contribution in [-0.2, 0) is 5.41 Å². The van der Waals surface area contributed by atoms with Crippen molar-refractivity contribution in [3.63, 3.8) is 0 Å². The molecule has 3 heterocycles. The van der Waals surface area contributed by atoms with Crippen LogP contribution in [0.3, 0.4) is 0 Å². The van der Waals surface area contributed by atoms with Gasteiger partial charge in [-0.1, -0.05) is 32.9 Å². The molecule has 5 rings (SSSR count). The monoisotopic (exact) mass is 468 g/mol. The molecule has 0 saturated carbocycles. The van der Waals surface area contributed by atoms with Crippen LogP contribution in [0.1, 0.15) is 42.3 Å². The third-order valence-electron chi connectivity index (χ3n) is 5.65. The van der Waals surface area contributed by atoms with E-state index in [4.69, 9.17) is 9.15 Å². The first-order valence-electron chi connectivity index (χ1n) is 11.2. The number of carbonyl (C=O) groups excluding carboxylic acids is 1. The van der Waals surface area contributed by atoms with Crippen molar-refractivity contribution in [2.75, 3.05) is 5.32 Å². The molecule has 0 atom stereocenters. The Kier molecular flexibility index (Phi) is 5.36. The lowest BCUT2D eigenvalue weighted by atomic mass is 9.87. The molecule has 0 aliphatic heterocycles. The van der Waals surface area contributed by atoms with E-state index in [0.29, 0.717) is 39.8 Å². The first kappa shape index (κ1) is 22.3. The number of aryl methyl sites for hydroxylation is 1. The zero-order chi connectivity index (χ0) is 24.7. The molecule has 1 amide bonds. The van der Waals surface area contributed by atoms with Gasteiger partial charge in [0.2, 0.25) is 5.88 Å². The number of anilines is 1. The van der Waals surface area contributed by atoms with Gasteiger partial charge >= 0.3 is 5.63 Å². The summed E-state index contributed by atoms with van der Waals surface area (Å²) in [6.07, 6.45) is 1.62. The summed E-state index contributed by atoms with van der Waals surface area (Å²) in [4.78, 5) is 28.9. The van der Waals surface area contributed by atoms with Gasteiger partial charge in [-0.15, -0.1) is 5.10 Å². The van der Waals surface area contributed by atoms with Gasteiger partial charge in [0.25, 0.3) is 5.91 Å². The maximum Gasteiger partial charge on any atom is 0.339 e. The Hall–Kier alpha value is -4.46. The quantitative estimate of drug-likeness (QED) is 0.350. The maximum atomic E-state index is 12.7. The van der Waals surface area contributed by atoms with Gasteiger partial charge in [0, 0.05) is 28.6 Å². The predicted octanol–water partition coefficient (Wildman–Crippen LogP) is 5.49. The second kappa shape index (κ2) is 8.39. The van der Waals surface area contributed by atoms with E-state index in [2.05, 4.69) is 36.2 Å². The molecule has 0 fully saturated rings. The van der Waals surface area contributed by atoms with E-state index < -0.39 is 0 Å². The highest BCUT2D eigenvalue weighted by atomic mass is 16.5. The van der Waals surface area contributed by atoms with Crippen molar-refractivity contribution in [1.29, 1.82) is 0 Å². The average molecular weight is 469 g/mol. The normalized spacial score (nSPS) is 11.7. The largest absolute Gasteiger partial charge is 0.437 e. The van der Waals surface area contributed by atoms with Crippen LogP contribution in [0.4, 0.5) is 5.82 Å². The molecule has 0 aliphatic rings. The molecule has 1 N–H and O–H groups in total. The topological polar surface area (TPSA) is 98.7 Å². The zero-order valence-electron chi connectivity index (χ0n) is 19.8. The first-order chi connectivity index (χ1) is 16.7. The van der Waals surface area contributed by atoms with Crippen LogP contribution in [0, 0.1) is 6.92 Å². The maximum absolute atomic E-state index is 12.7. The van der Waals surface area contributed by atoms with Crippen molar-refractivity contribution >= 4 is 28.3 Å². The Morgan fingerprint density at radius 1 is 1.03 bits per heavy atom. The fourth-order valence-electron chi connectivity index (χ4n) is 3.67. The van der Waals surface area contributed by atoms with Gasteiger partial charge < -0.3 is 14.5 Å². The summed E-state index contributed by atoms with van der Waals surface area (Å²) < 4.78 is 12.7. The zero-order valence-corrected chi connectivity index (χ0v) is 19.8. The van der Waals surface area contributed by atoms with Crippen LogP contribution in [0.5, 0.6) is 11.6 Å². The number of carbonyl (C=O) groups is 1. The molecule has 5 aromatic rings. The van der Waals surface area contributed by atoms with E-state index in [-0.39, 0.29) is 16.9 Å². The molecular weight excluding hydrogens is 444 g/mol. The van der Waals surface area contributed by atoms with Crippen molar-refractivity contribution in [3.8, 4) is 11.6 Å². The Bertz CT molecular complexity index is 1630. The molecule has 35 heavy (non-hydrogen) atoms. The van der Waals surface area contributed by atoms with Crippen LogP contribution in [0.25, 0.3) is 16.6 Å². The SMILES string of the molecule is Cc1cc2ccc(Oc3ccc4nc(NC(=O)c5ccc(C(C)(C)C)cc5)cn4n3)cc2oc1=O. The van der Waals surface area contributed by atoms with E-state index in [1.54, 1.807) is 43.5 Å². The van der Waals surface area contributed by atoms with Gasteiger partial charge in [-0.3, -0.25) is 4.79 Å². The van der Waals surface area contributed by atoms with Crippen LogP contribution in [-0.4, -0.2) is 20.5 Å². The minimum atomic E-state index is -0.382. The molecular formula is C27H24N4O4. The number of ether oxygens (including phenoxy) is 1.